The van der Waals surface area contributed by atoms with Crippen molar-refractivity contribution in [3.05, 3.63) is 12.2 Å². The van der Waals surface area contributed by atoms with Crippen LogP contribution in [0.3, 0.4) is 0 Å². The number of carboxylic acid groups (broad SMARTS) is 1. The average Bonchev–Trinajstić information content (AvgIpc) is 2.59. The second-order valence-electron chi connectivity index (χ2n) is 7.76. The molecule has 0 saturated heterocycles. The average molecular weight is 371 g/mol. The van der Waals surface area contributed by atoms with Crippen molar-refractivity contribution in [1.82, 2.24) is 0 Å². The quantitative estimate of drug-likeness (QED) is 0.199. The Morgan fingerprint density at radius 3 is 2.04 bits per heavy atom. The summed E-state index contributed by atoms with van der Waals surface area (Å²) in [6.45, 7) is 10.3. The van der Waals surface area contributed by atoms with E-state index in [4.69, 9.17) is 5.11 Å². The molecule has 0 aliphatic heterocycles. The Morgan fingerprint density at radius 1 is 0.962 bits per heavy atom. The van der Waals surface area contributed by atoms with Crippen LogP contribution in [0.2, 0.25) is 0 Å². The summed E-state index contributed by atoms with van der Waals surface area (Å²) >= 11 is 0. The van der Waals surface area contributed by atoms with Crippen LogP contribution in [-0.4, -0.2) is 52.9 Å². The lowest BCUT2D eigenvalue weighted by atomic mass is 10.1. The van der Waals surface area contributed by atoms with E-state index in [-0.39, 0.29) is 12.5 Å². The number of aliphatic hydroxyl groups is 1. The van der Waals surface area contributed by atoms with Crippen LogP contribution >= 0.6 is 0 Å². The van der Waals surface area contributed by atoms with Crippen molar-refractivity contribution >= 4 is 5.97 Å². The standard InChI is InChI=1S/C22H43NO3/c1-4-7-10-11-15-21(24)20-23(17-12-8-5-2,18-13-9-6-3)19-14-16-22(25)26/h4,7,21,24H,5-6,8-20H2,1-3H3/p+1/b7-4+. The molecule has 0 aromatic rings. The molecule has 0 saturated carbocycles. The molecule has 4 heteroatoms. The van der Waals surface area contributed by atoms with Crippen LogP contribution < -0.4 is 0 Å². The summed E-state index contributed by atoms with van der Waals surface area (Å²) < 4.78 is 0.901. The highest BCUT2D eigenvalue weighted by molar-refractivity contribution is 5.66. The van der Waals surface area contributed by atoms with Crippen LogP contribution in [0.15, 0.2) is 12.2 Å². The van der Waals surface area contributed by atoms with E-state index in [1.807, 2.05) is 6.92 Å². The minimum atomic E-state index is -0.711. The number of allylic oxidation sites excluding steroid dienone is 2. The normalized spacial score (nSPS) is 13.4. The molecular formula is C22H44NO3+. The molecule has 0 fully saturated rings. The third-order valence-electron chi connectivity index (χ3n) is 5.24. The molecule has 0 aliphatic rings. The molecule has 0 heterocycles. The van der Waals surface area contributed by atoms with E-state index in [0.29, 0.717) is 6.42 Å². The van der Waals surface area contributed by atoms with E-state index in [9.17, 15) is 9.90 Å². The van der Waals surface area contributed by atoms with Crippen molar-refractivity contribution < 1.29 is 19.5 Å². The van der Waals surface area contributed by atoms with E-state index in [0.717, 1.165) is 49.9 Å². The number of carboxylic acids is 1. The summed E-state index contributed by atoms with van der Waals surface area (Å²) in [5, 5.41) is 19.7. The molecule has 2 N–H and O–H groups in total. The van der Waals surface area contributed by atoms with E-state index >= 15 is 0 Å². The first kappa shape index (κ1) is 25.1. The van der Waals surface area contributed by atoms with Gasteiger partial charge in [0.15, 0.2) is 0 Å². The number of hydrogen-bond acceptors (Lipinski definition) is 2. The molecule has 154 valence electrons. The Hall–Kier alpha value is -0.870. The molecule has 0 spiro atoms. The predicted octanol–water partition coefficient (Wildman–Crippen LogP) is 5.16. The second-order valence-corrected chi connectivity index (χ2v) is 7.76. The van der Waals surface area contributed by atoms with Gasteiger partial charge in [-0.05, 0) is 51.9 Å². The Kier molecular flexibility index (Phi) is 15.8. The van der Waals surface area contributed by atoms with Gasteiger partial charge in [-0.25, -0.2) is 0 Å². The molecule has 0 aromatic carbocycles. The second kappa shape index (κ2) is 16.3. The largest absolute Gasteiger partial charge is 0.481 e. The van der Waals surface area contributed by atoms with E-state index in [2.05, 4.69) is 26.0 Å². The number of quaternary nitrogens is 1. The van der Waals surface area contributed by atoms with Crippen molar-refractivity contribution in [3.63, 3.8) is 0 Å². The first-order valence-electron chi connectivity index (χ1n) is 10.9. The lowest BCUT2D eigenvalue weighted by Crippen LogP contribution is -2.54. The fraction of sp³-hybridized carbons (Fsp3) is 0.864. The lowest BCUT2D eigenvalue weighted by Gasteiger charge is -2.40. The molecule has 0 aliphatic carbocycles. The zero-order valence-corrected chi connectivity index (χ0v) is 17.6. The number of rotatable bonds is 18. The van der Waals surface area contributed by atoms with Gasteiger partial charge in [-0.1, -0.05) is 38.8 Å². The van der Waals surface area contributed by atoms with Crippen molar-refractivity contribution in [2.24, 2.45) is 0 Å². The minimum Gasteiger partial charge on any atom is -0.481 e. The van der Waals surface area contributed by atoms with Crippen LogP contribution in [-0.2, 0) is 4.79 Å². The molecule has 4 nitrogen and oxygen atoms in total. The summed E-state index contributed by atoms with van der Waals surface area (Å²) in [6.07, 6.45) is 14.9. The maximum absolute atomic E-state index is 11.0. The summed E-state index contributed by atoms with van der Waals surface area (Å²) in [5.41, 5.74) is 0. The van der Waals surface area contributed by atoms with Gasteiger partial charge in [0, 0.05) is 6.42 Å². The van der Waals surface area contributed by atoms with Crippen molar-refractivity contribution in [1.29, 1.82) is 0 Å². The summed E-state index contributed by atoms with van der Waals surface area (Å²) in [6, 6.07) is 0. The van der Waals surface area contributed by atoms with E-state index < -0.39 is 5.97 Å². The van der Waals surface area contributed by atoms with Gasteiger partial charge in [-0.2, -0.15) is 0 Å². The van der Waals surface area contributed by atoms with Crippen LogP contribution in [0.4, 0.5) is 0 Å². The van der Waals surface area contributed by atoms with Gasteiger partial charge in [0.2, 0.25) is 0 Å². The van der Waals surface area contributed by atoms with E-state index in [1.54, 1.807) is 0 Å². The fourth-order valence-corrected chi connectivity index (χ4v) is 3.75. The summed E-state index contributed by atoms with van der Waals surface area (Å²) in [7, 11) is 0. The highest BCUT2D eigenvalue weighted by atomic mass is 16.4. The van der Waals surface area contributed by atoms with Crippen LogP contribution in [0.5, 0.6) is 0 Å². The molecule has 1 atom stereocenters. The SMILES string of the molecule is C/C=C/CCCC(O)C[N+](CCCCC)(CCCCC)CCCC(=O)O. The summed E-state index contributed by atoms with van der Waals surface area (Å²) in [5.74, 6) is -0.711. The molecule has 0 aromatic heterocycles. The van der Waals surface area contributed by atoms with Gasteiger partial charge in [0.25, 0.3) is 0 Å². The van der Waals surface area contributed by atoms with Crippen LogP contribution in [0.25, 0.3) is 0 Å². The highest BCUT2D eigenvalue weighted by Gasteiger charge is 2.29. The number of aliphatic hydroxyl groups excluding tert-OH is 1. The monoisotopic (exact) mass is 370 g/mol. The smallest absolute Gasteiger partial charge is 0.303 e. The molecule has 0 radical (unpaired) electrons. The number of aliphatic carboxylic acids is 1. The van der Waals surface area contributed by atoms with Gasteiger partial charge >= 0.3 is 5.97 Å². The third kappa shape index (κ3) is 13.3. The molecular weight excluding hydrogens is 326 g/mol. The third-order valence-corrected chi connectivity index (χ3v) is 5.24. The minimum absolute atomic E-state index is 0.235. The van der Waals surface area contributed by atoms with Crippen molar-refractivity contribution in [2.45, 2.75) is 97.5 Å². The van der Waals surface area contributed by atoms with Crippen molar-refractivity contribution in [2.75, 3.05) is 26.2 Å². The maximum Gasteiger partial charge on any atom is 0.303 e. The molecule has 0 amide bonds. The first-order valence-corrected chi connectivity index (χ1v) is 10.9. The maximum atomic E-state index is 11.0. The number of unbranched alkanes of at least 4 members (excludes halogenated alkanes) is 5. The number of hydrogen-bond donors (Lipinski definition) is 2. The summed E-state index contributed by atoms with van der Waals surface area (Å²) in [4.78, 5) is 11.0. The van der Waals surface area contributed by atoms with Crippen LogP contribution in [0, 0.1) is 0 Å². The fourth-order valence-electron chi connectivity index (χ4n) is 3.75. The Morgan fingerprint density at radius 2 is 1.54 bits per heavy atom. The van der Waals surface area contributed by atoms with Gasteiger partial charge in [0.1, 0.15) is 12.6 Å². The highest BCUT2D eigenvalue weighted by Crippen LogP contribution is 2.19. The van der Waals surface area contributed by atoms with Crippen LogP contribution in [0.1, 0.15) is 91.4 Å². The Labute approximate surface area is 161 Å². The first-order chi connectivity index (χ1) is 12.5. The van der Waals surface area contributed by atoms with Gasteiger partial charge < -0.3 is 14.7 Å². The molecule has 0 rings (SSSR count). The lowest BCUT2D eigenvalue weighted by molar-refractivity contribution is -0.931. The molecule has 26 heavy (non-hydrogen) atoms. The molecule has 1 unspecified atom stereocenters. The Balaban J connectivity index is 4.89. The zero-order chi connectivity index (χ0) is 19.7. The van der Waals surface area contributed by atoms with Gasteiger partial charge in [-0.15, -0.1) is 0 Å². The van der Waals surface area contributed by atoms with Gasteiger partial charge in [-0.3, -0.25) is 4.79 Å². The predicted molar refractivity (Wildman–Crippen MR) is 110 cm³/mol. The van der Waals surface area contributed by atoms with E-state index in [1.165, 1.54) is 38.5 Å². The molecule has 0 bridgehead atoms. The Bertz CT molecular complexity index is 358. The number of carbonyl (C=O) groups is 1. The topological polar surface area (TPSA) is 57.5 Å². The number of nitrogens with zero attached hydrogens (tertiary/aromatic N) is 1. The van der Waals surface area contributed by atoms with Gasteiger partial charge in [0.05, 0.1) is 26.1 Å². The van der Waals surface area contributed by atoms with Crippen molar-refractivity contribution in [3.8, 4) is 0 Å². The zero-order valence-electron chi connectivity index (χ0n) is 17.6.